The standard InChI is InChI=1S/C26H33ClN4O2/c27-22-8-5-7-21(19-22)26(33)31-16-6-13-29(17-18-31)20-25(32)28-23-9-11-24(12-10-23)30-14-3-1-2-4-15-30/h5,7-12,19H,1-4,6,13-18,20H2,(H,28,32). The number of amides is 2. The monoisotopic (exact) mass is 468 g/mol. The Morgan fingerprint density at radius 1 is 0.818 bits per heavy atom. The highest BCUT2D eigenvalue weighted by molar-refractivity contribution is 6.30. The van der Waals surface area contributed by atoms with E-state index in [9.17, 15) is 9.59 Å². The van der Waals surface area contributed by atoms with Crippen LogP contribution >= 0.6 is 11.6 Å². The second-order valence-electron chi connectivity index (χ2n) is 8.93. The number of carbonyl (C=O) groups excluding carboxylic acids is 2. The maximum Gasteiger partial charge on any atom is 0.253 e. The van der Waals surface area contributed by atoms with Crippen LogP contribution in [0.25, 0.3) is 0 Å². The average molecular weight is 469 g/mol. The molecule has 2 saturated heterocycles. The Morgan fingerprint density at radius 3 is 2.30 bits per heavy atom. The number of carbonyl (C=O) groups is 2. The molecule has 0 spiro atoms. The first-order chi connectivity index (χ1) is 16.1. The van der Waals surface area contributed by atoms with Crippen molar-refractivity contribution in [3.05, 3.63) is 59.1 Å². The van der Waals surface area contributed by atoms with Crippen molar-refractivity contribution in [2.24, 2.45) is 0 Å². The second kappa shape index (κ2) is 11.5. The minimum atomic E-state index is -0.0212. The zero-order valence-corrected chi connectivity index (χ0v) is 19.9. The third-order valence-corrected chi connectivity index (χ3v) is 6.67. The number of hydrogen-bond donors (Lipinski definition) is 1. The fourth-order valence-corrected chi connectivity index (χ4v) is 4.81. The van der Waals surface area contributed by atoms with Crippen molar-refractivity contribution >= 4 is 34.8 Å². The lowest BCUT2D eigenvalue weighted by Gasteiger charge is -2.23. The van der Waals surface area contributed by atoms with Crippen LogP contribution in [0.15, 0.2) is 48.5 Å². The summed E-state index contributed by atoms with van der Waals surface area (Å²) in [6, 6.07) is 15.3. The first-order valence-corrected chi connectivity index (χ1v) is 12.4. The highest BCUT2D eigenvalue weighted by atomic mass is 35.5. The van der Waals surface area contributed by atoms with Crippen LogP contribution in [-0.2, 0) is 4.79 Å². The van der Waals surface area contributed by atoms with Gasteiger partial charge in [0.25, 0.3) is 5.91 Å². The minimum absolute atomic E-state index is 0.00620. The molecule has 0 radical (unpaired) electrons. The third kappa shape index (κ3) is 6.71. The number of anilines is 2. The summed E-state index contributed by atoms with van der Waals surface area (Å²) in [5.74, 6) is -0.0274. The highest BCUT2D eigenvalue weighted by Crippen LogP contribution is 2.22. The molecule has 2 aliphatic rings. The van der Waals surface area contributed by atoms with Crippen LogP contribution in [0.1, 0.15) is 42.5 Å². The van der Waals surface area contributed by atoms with E-state index in [0.717, 1.165) is 31.7 Å². The summed E-state index contributed by atoms with van der Waals surface area (Å²) >= 11 is 6.04. The Balaban J connectivity index is 1.26. The molecular weight excluding hydrogens is 436 g/mol. The molecule has 0 aliphatic carbocycles. The predicted molar refractivity (Wildman–Crippen MR) is 134 cm³/mol. The Bertz CT molecular complexity index is 942. The summed E-state index contributed by atoms with van der Waals surface area (Å²) in [6.07, 6.45) is 5.96. The average Bonchev–Trinajstić information content (AvgIpc) is 3.22. The van der Waals surface area contributed by atoms with Crippen molar-refractivity contribution in [2.45, 2.75) is 32.1 Å². The number of rotatable bonds is 5. The van der Waals surface area contributed by atoms with E-state index in [2.05, 4.69) is 27.2 Å². The van der Waals surface area contributed by atoms with Gasteiger partial charge in [-0.1, -0.05) is 30.5 Å². The Labute approximate surface area is 201 Å². The van der Waals surface area contributed by atoms with Gasteiger partial charge in [-0.2, -0.15) is 0 Å². The molecule has 0 bridgehead atoms. The third-order valence-electron chi connectivity index (χ3n) is 6.44. The maximum absolute atomic E-state index is 12.8. The van der Waals surface area contributed by atoms with Gasteiger partial charge in [-0.15, -0.1) is 0 Å². The topological polar surface area (TPSA) is 55.9 Å². The smallest absolute Gasteiger partial charge is 0.253 e. The molecule has 6 nitrogen and oxygen atoms in total. The number of benzene rings is 2. The molecule has 2 aromatic rings. The number of nitrogens with zero attached hydrogens (tertiary/aromatic N) is 3. The van der Waals surface area contributed by atoms with Gasteiger partial charge < -0.3 is 15.1 Å². The molecule has 2 heterocycles. The summed E-state index contributed by atoms with van der Waals surface area (Å²) in [5.41, 5.74) is 2.66. The van der Waals surface area contributed by atoms with E-state index in [-0.39, 0.29) is 11.8 Å². The van der Waals surface area contributed by atoms with Gasteiger partial charge in [0.2, 0.25) is 5.91 Å². The highest BCUT2D eigenvalue weighted by Gasteiger charge is 2.21. The van der Waals surface area contributed by atoms with E-state index in [1.54, 1.807) is 24.3 Å². The molecule has 0 aromatic heterocycles. The summed E-state index contributed by atoms with van der Waals surface area (Å²) in [6.45, 7) is 5.29. The molecule has 0 saturated carbocycles. The number of halogens is 1. The van der Waals surface area contributed by atoms with Crippen LogP contribution < -0.4 is 10.2 Å². The van der Waals surface area contributed by atoms with E-state index in [1.165, 1.54) is 31.4 Å². The van der Waals surface area contributed by atoms with E-state index in [4.69, 9.17) is 11.6 Å². The van der Waals surface area contributed by atoms with Crippen LogP contribution in [-0.4, -0.2) is 67.4 Å². The molecule has 2 amide bonds. The summed E-state index contributed by atoms with van der Waals surface area (Å²) < 4.78 is 0. The van der Waals surface area contributed by atoms with Gasteiger partial charge in [-0.25, -0.2) is 0 Å². The first-order valence-electron chi connectivity index (χ1n) is 12.0. The van der Waals surface area contributed by atoms with Crippen molar-refractivity contribution in [1.29, 1.82) is 0 Å². The molecule has 7 heteroatoms. The molecule has 0 unspecified atom stereocenters. The second-order valence-corrected chi connectivity index (χ2v) is 9.36. The van der Waals surface area contributed by atoms with Gasteiger partial charge in [0, 0.05) is 61.2 Å². The van der Waals surface area contributed by atoms with Crippen molar-refractivity contribution in [2.75, 3.05) is 56.0 Å². The summed E-state index contributed by atoms with van der Waals surface area (Å²) in [7, 11) is 0. The maximum atomic E-state index is 12.8. The van der Waals surface area contributed by atoms with Crippen LogP contribution in [0.5, 0.6) is 0 Å². The molecular formula is C26H33ClN4O2. The molecule has 33 heavy (non-hydrogen) atoms. The SMILES string of the molecule is O=C(CN1CCCN(C(=O)c2cccc(Cl)c2)CC1)Nc1ccc(N2CCCCCC2)cc1. The Morgan fingerprint density at radius 2 is 1.58 bits per heavy atom. The zero-order chi connectivity index (χ0) is 23.0. The number of nitrogens with one attached hydrogen (secondary N) is 1. The van der Waals surface area contributed by atoms with Crippen molar-refractivity contribution < 1.29 is 9.59 Å². The summed E-state index contributed by atoms with van der Waals surface area (Å²) in [5, 5.41) is 3.59. The Hall–Kier alpha value is -2.57. The van der Waals surface area contributed by atoms with Crippen LogP contribution in [0.3, 0.4) is 0 Å². The van der Waals surface area contributed by atoms with E-state index < -0.39 is 0 Å². The largest absolute Gasteiger partial charge is 0.372 e. The van der Waals surface area contributed by atoms with E-state index in [0.29, 0.717) is 36.8 Å². The van der Waals surface area contributed by atoms with Crippen LogP contribution in [0.2, 0.25) is 5.02 Å². The van der Waals surface area contributed by atoms with Crippen molar-refractivity contribution in [3.63, 3.8) is 0 Å². The molecule has 2 fully saturated rings. The van der Waals surface area contributed by atoms with Gasteiger partial charge in [0.1, 0.15) is 0 Å². The van der Waals surface area contributed by atoms with Gasteiger partial charge in [-0.05, 0) is 61.7 Å². The Kier molecular flexibility index (Phi) is 8.24. The molecule has 2 aliphatic heterocycles. The van der Waals surface area contributed by atoms with Gasteiger partial charge >= 0.3 is 0 Å². The van der Waals surface area contributed by atoms with Gasteiger partial charge in [0.05, 0.1) is 6.54 Å². The van der Waals surface area contributed by atoms with E-state index in [1.807, 2.05) is 17.0 Å². The fraction of sp³-hybridized carbons (Fsp3) is 0.462. The molecule has 4 rings (SSSR count). The van der Waals surface area contributed by atoms with Crippen LogP contribution in [0, 0.1) is 0 Å². The van der Waals surface area contributed by atoms with E-state index >= 15 is 0 Å². The lowest BCUT2D eigenvalue weighted by Crippen LogP contribution is -2.38. The quantitative estimate of drug-likeness (QED) is 0.701. The number of hydrogen-bond acceptors (Lipinski definition) is 4. The zero-order valence-electron chi connectivity index (χ0n) is 19.1. The first kappa shape index (κ1) is 23.6. The predicted octanol–water partition coefficient (Wildman–Crippen LogP) is 4.51. The molecule has 0 atom stereocenters. The fourth-order valence-electron chi connectivity index (χ4n) is 4.62. The van der Waals surface area contributed by atoms with Gasteiger partial charge in [0.15, 0.2) is 0 Å². The molecule has 2 aromatic carbocycles. The van der Waals surface area contributed by atoms with Crippen LogP contribution in [0.4, 0.5) is 11.4 Å². The van der Waals surface area contributed by atoms with Crippen molar-refractivity contribution in [3.8, 4) is 0 Å². The van der Waals surface area contributed by atoms with Gasteiger partial charge in [-0.3, -0.25) is 14.5 Å². The molecule has 176 valence electrons. The summed E-state index contributed by atoms with van der Waals surface area (Å²) in [4.78, 5) is 31.8. The normalized spacial score (nSPS) is 17.8. The lowest BCUT2D eigenvalue weighted by atomic mass is 10.2. The molecule has 1 N–H and O–H groups in total. The minimum Gasteiger partial charge on any atom is -0.372 e. The lowest BCUT2D eigenvalue weighted by molar-refractivity contribution is -0.117. The van der Waals surface area contributed by atoms with Crippen molar-refractivity contribution in [1.82, 2.24) is 9.80 Å².